The molecular weight excluding hydrogens is 279 g/mol. The van der Waals surface area contributed by atoms with Gasteiger partial charge in [-0.3, -0.25) is 4.79 Å². The zero-order valence-corrected chi connectivity index (χ0v) is 10.9. The van der Waals surface area contributed by atoms with Crippen LogP contribution in [0, 0.1) is 6.92 Å². The van der Waals surface area contributed by atoms with Crippen molar-refractivity contribution in [1.29, 1.82) is 0 Å². The second-order valence-electron chi connectivity index (χ2n) is 3.12. The quantitative estimate of drug-likeness (QED) is 0.628. The number of hydrogen-bond donors (Lipinski definition) is 0. The molecule has 0 bridgehead atoms. The summed E-state index contributed by atoms with van der Waals surface area (Å²) in [5, 5.41) is -0.734. The summed E-state index contributed by atoms with van der Waals surface area (Å²) in [6.07, 6.45) is 0. The average molecular weight is 292 g/mol. The van der Waals surface area contributed by atoms with Gasteiger partial charge in [0.15, 0.2) is 5.38 Å². The molecule has 0 saturated heterocycles. The Kier molecular flexibility index (Phi) is 4.61. The van der Waals surface area contributed by atoms with E-state index in [9.17, 15) is 4.79 Å². The zero-order chi connectivity index (χ0) is 11.4. The van der Waals surface area contributed by atoms with E-state index in [1.54, 1.807) is 6.92 Å². The first-order valence-electron chi connectivity index (χ1n) is 4.63. The van der Waals surface area contributed by atoms with Gasteiger partial charge in [-0.2, -0.15) is 0 Å². The van der Waals surface area contributed by atoms with Crippen molar-refractivity contribution in [3.8, 4) is 0 Å². The predicted octanol–water partition coefficient (Wildman–Crippen LogP) is 3.60. The fourth-order valence-corrected chi connectivity index (χ4v) is 1.71. The highest BCUT2D eigenvalue weighted by atomic mass is 79.9. The molecule has 1 rings (SSSR count). The van der Waals surface area contributed by atoms with Gasteiger partial charge in [0.1, 0.15) is 0 Å². The molecule has 2 nitrogen and oxygen atoms in total. The third kappa shape index (κ3) is 3.21. The number of esters is 1. The molecule has 4 heteroatoms. The fraction of sp³-hybridized carbons (Fsp3) is 0.364. The number of carbonyl (C=O) groups is 1. The first-order valence-corrected chi connectivity index (χ1v) is 5.86. The SMILES string of the molecule is CCOC(=O)C(Cl)c1ccc(C)c(Br)c1. The van der Waals surface area contributed by atoms with E-state index in [0.29, 0.717) is 6.61 Å². The van der Waals surface area contributed by atoms with E-state index < -0.39 is 11.3 Å². The molecule has 0 spiro atoms. The van der Waals surface area contributed by atoms with Gasteiger partial charge in [0.2, 0.25) is 0 Å². The van der Waals surface area contributed by atoms with Crippen LogP contribution >= 0.6 is 27.5 Å². The smallest absolute Gasteiger partial charge is 0.328 e. The van der Waals surface area contributed by atoms with E-state index in [4.69, 9.17) is 16.3 Å². The van der Waals surface area contributed by atoms with Crippen LogP contribution in [0.3, 0.4) is 0 Å². The Morgan fingerprint density at radius 1 is 1.60 bits per heavy atom. The van der Waals surface area contributed by atoms with Crippen LogP contribution in [0.4, 0.5) is 0 Å². The Morgan fingerprint density at radius 2 is 2.27 bits per heavy atom. The maximum absolute atomic E-state index is 11.4. The molecule has 1 aromatic carbocycles. The lowest BCUT2D eigenvalue weighted by Gasteiger charge is -2.10. The highest BCUT2D eigenvalue weighted by Gasteiger charge is 2.19. The number of rotatable bonds is 3. The molecule has 82 valence electrons. The zero-order valence-electron chi connectivity index (χ0n) is 8.59. The van der Waals surface area contributed by atoms with Gasteiger partial charge in [-0.1, -0.05) is 28.1 Å². The van der Waals surface area contributed by atoms with Crippen LogP contribution in [0.25, 0.3) is 0 Å². The maximum atomic E-state index is 11.4. The van der Waals surface area contributed by atoms with Gasteiger partial charge >= 0.3 is 5.97 Å². The van der Waals surface area contributed by atoms with Crippen LogP contribution < -0.4 is 0 Å². The van der Waals surface area contributed by atoms with Crippen molar-refractivity contribution >= 4 is 33.5 Å². The largest absolute Gasteiger partial charge is 0.465 e. The van der Waals surface area contributed by atoms with Crippen LogP contribution in [0.5, 0.6) is 0 Å². The highest BCUT2D eigenvalue weighted by molar-refractivity contribution is 9.10. The third-order valence-electron chi connectivity index (χ3n) is 1.98. The van der Waals surface area contributed by atoms with Crippen LogP contribution in [-0.2, 0) is 9.53 Å². The minimum absolute atomic E-state index is 0.342. The second kappa shape index (κ2) is 5.52. The minimum atomic E-state index is -0.734. The minimum Gasteiger partial charge on any atom is -0.465 e. The molecule has 0 heterocycles. The summed E-state index contributed by atoms with van der Waals surface area (Å²) in [6, 6.07) is 5.58. The van der Waals surface area contributed by atoms with Crippen molar-refractivity contribution in [2.24, 2.45) is 0 Å². The number of hydrogen-bond acceptors (Lipinski definition) is 2. The number of benzene rings is 1. The number of ether oxygens (including phenoxy) is 1. The van der Waals surface area contributed by atoms with Crippen LogP contribution in [0.1, 0.15) is 23.4 Å². The molecular formula is C11H12BrClO2. The first kappa shape index (κ1) is 12.5. The van der Waals surface area contributed by atoms with E-state index in [1.807, 2.05) is 25.1 Å². The molecule has 1 aromatic rings. The predicted molar refractivity (Wildman–Crippen MR) is 64.1 cm³/mol. The molecule has 0 saturated carbocycles. The van der Waals surface area contributed by atoms with Crippen molar-refractivity contribution in [3.63, 3.8) is 0 Å². The van der Waals surface area contributed by atoms with Crippen LogP contribution in [-0.4, -0.2) is 12.6 Å². The molecule has 0 aliphatic rings. The molecule has 0 aliphatic carbocycles. The molecule has 0 aliphatic heterocycles. The van der Waals surface area contributed by atoms with Crippen molar-refractivity contribution in [2.75, 3.05) is 6.61 Å². The van der Waals surface area contributed by atoms with Crippen LogP contribution in [0.2, 0.25) is 0 Å². The summed E-state index contributed by atoms with van der Waals surface area (Å²) in [5.74, 6) is -0.407. The highest BCUT2D eigenvalue weighted by Crippen LogP contribution is 2.26. The lowest BCUT2D eigenvalue weighted by molar-refractivity contribution is -0.142. The van der Waals surface area contributed by atoms with Crippen molar-refractivity contribution < 1.29 is 9.53 Å². The Bertz CT molecular complexity index is 366. The van der Waals surface area contributed by atoms with Gasteiger partial charge in [-0.15, -0.1) is 11.6 Å². The Morgan fingerprint density at radius 3 is 2.80 bits per heavy atom. The number of halogens is 2. The van der Waals surface area contributed by atoms with E-state index in [2.05, 4.69) is 15.9 Å². The molecule has 15 heavy (non-hydrogen) atoms. The van der Waals surface area contributed by atoms with E-state index in [1.165, 1.54) is 0 Å². The number of aryl methyl sites for hydroxylation is 1. The summed E-state index contributed by atoms with van der Waals surface area (Å²) in [6.45, 7) is 4.07. The Balaban J connectivity index is 2.86. The van der Waals surface area contributed by atoms with Crippen molar-refractivity contribution in [2.45, 2.75) is 19.2 Å². The molecule has 0 N–H and O–H groups in total. The maximum Gasteiger partial charge on any atom is 0.328 e. The number of alkyl halides is 1. The molecule has 1 atom stereocenters. The van der Waals surface area contributed by atoms with E-state index in [0.717, 1.165) is 15.6 Å². The monoisotopic (exact) mass is 290 g/mol. The summed E-state index contributed by atoms with van der Waals surface area (Å²) in [7, 11) is 0. The number of carbonyl (C=O) groups excluding carboxylic acids is 1. The Labute approximate surface area is 103 Å². The topological polar surface area (TPSA) is 26.3 Å². The van der Waals surface area contributed by atoms with Gasteiger partial charge < -0.3 is 4.74 Å². The van der Waals surface area contributed by atoms with Gasteiger partial charge in [-0.25, -0.2) is 0 Å². The standard InChI is InChI=1S/C11H12BrClO2/c1-3-15-11(14)10(13)8-5-4-7(2)9(12)6-8/h4-6,10H,3H2,1-2H3. The average Bonchev–Trinajstić information content (AvgIpc) is 2.21. The molecule has 1 unspecified atom stereocenters. The molecule has 0 radical (unpaired) electrons. The normalized spacial score (nSPS) is 12.3. The third-order valence-corrected chi connectivity index (χ3v) is 3.27. The van der Waals surface area contributed by atoms with E-state index >= 15 is 0 Å². The first-order chi connectivity index (χ1) is 7.06. The second-order valence-corrected chi connectivity index (χ2v) is 4.41. The lowest BCUT2D eigenvalue weighted by atomic mass is 10.1. The lowest BCUT2D eigenvalue weighted by Crippen LogP contribution is -2.11. The molecule has 0 amide bonds. The Hall–Kier alpha value is -0.540. The summed E-state index contributed by atoms with van der Waals surface area (Å²) >= 11 is 9.36. The van der Waals surface area contributed by atoms with Crippen molar-refractivity contribution in [1.82, 2.24) is 0 Å². The van der Waals surface area contributed by atoms with Gasteiger partial charge in [0.05, 0.1) is 6.61 Å². The van der Waals surface area contributed by atoms with E-state index in [-0.39, 0.29) is 0 Å². The molecule has 0 fully saturated rings. The molecule has 0 aromatic heterocycles. The van der Waals surface area contributed by atoms with Gasteiger partial charge in [-0.05, 0) is 31.0 Å². The summed E-state index contributed by atoms with van der Waals surface area (Å²) < 4.78 is 5.78. The van der Waals surface area contributed by atoms with Gasteiger partial charge in [0.25, 0.3) is 0 Å². The fourth-order valence-electron chi connectivity index (χ4n) is 1.12. The summed E-state index contributed by atoms with van der Waals surface area (Å²) in [5.41, 5.74) is 1.85. The van der Waals surface area contributed by atoms with Crippen molar-refractivity contribution in [3.05, 3.63) is 33.8 Å². The van der Waals surface area contributed by atoms with Gasteiger partial charge in [0, 0.05) is 4.47 Å². The van der Waals surface area contributed by atoms with Crippen LogP contribution in [0.15, 0.2) is 22.7 Å². The summed E-state index contributed by atoms with van der Waals surface area (Å²) in [4.78, 5) is 11.4.